The van der Waals surface area contributed by atoms with Crippen LogP contribution >= 0.6 is 0 Å². The first-order valence-electron chi connectivity index (χ1n) is 8.04. The summed E-state index contributed by atoms with van der Waals surface area (Å²) in [4.78, 5) is 12.1. The number of fused-ring (bicyclic) bond motifs is 3. The first-order valence-corrected chi connectivity index (χ1v) is 8.04. The van der Waals surface area contributed by atoms with Crippen molar-refractivity contribution >= 4 is 5.78 Å². The molecule has 3 rings (SSSR count). The summed E-state index contributed by atoms with van der Waals surface area (Å²) in [7, 11) is 0. The number of hydrogen-bond donors (Lipinski definition) is 0. The Morgan fingerprint density at radius 3 is 2.67 bits per heavy atom. The maximum Gasteiger partial charge on any atom is 0.136 e. The van der Waals surface area contributed by atoms with Crippen LogP contribution in [-0.4, -0.2) is 5.78 Å². The zero-order valence-electron chi connectivity index (χ0n) is 12.3. The Bertz CT molecular complexity index is 361. The molecule has 0 spiro atoms. The predicted octanol–water partition coefficient (Wildman–Crippen LogP) is 4.60. The topological polar surface area (TPSA) is 17.1 Å². The highest BCUT2D eigenvalue weighted by Gasteiger charge is 2.57. The summed E-state index contributed by atoms with van der Waals surface area (Å²) in [6.45, 7) is 7.42. The molecule has 102 valence electrons. The second kappa shape index (κ2) is 4.08. The fraction of sp³-hybridized carbons (Fsp3) is 0.941. The number of ketones is 1. The summed E-state index contributed by atoms with van der Waals surface area (Å²) in [6, 6.07) is 0. The first kappa shape index (κ1) is 12.7. The molecule has 0 unspecified atom stereocenters. The molecule has 18 heavy (non-hydrogen) atoms. The lowest BCUT2D eigenvalue weighted by molar-refractivity contribution is -0.131. The Labute approximate surface area is 112 Å². The van der Waals surface area contributed by atoms with Crippen molar-refractivity contribution < 1.29 is 4.79 Å². The standard InChI is InChI=1S/C17H28O/c1-4-16(2)10-5-11-17(3)13-7-8-14(18)12(13)6-9-15(16)17/h12-13,15H,4-11H2,1-3H3/t12-,13-,15-,16+,17+/m0/s1. The Morgan fingerprint density at radius 2 is 1.94 bits per heavy atom. The van der Waals surface area contributed by atoms with Crippen LogP contribution in [0, 0.1) is 28.6 Å². The van der Waals surface area contributed by atoms with Crippen molar-refractivity contribution in [2.45, 2.75) is 72.1 Å². The highest BCUT2D eigenvalue weighted by molar-refractivity contribution is 5.83. The van der Waals surface area contributed by atoms with Crippen LogP contribution in [0.5, 0.6) is 0 Å². The maximum absolute atomic E-state index is 12.1. The van der Waals surface area contributed by atoms with E-state index in [2.05, 4.69) is 20.8 Å². The third-order valence-corrected chi connectivity index (χ3v) is 7.12. The monoisotopic (exact) mass is 248 g/mol. The molecule has 0 aromatic heterocycles. The van der Waals surface area contributed by atoms with E-state index in [-0.39, 0.29) is 0 Å². The van der Waals surface area contributed by atoms with Gasteiger partial charge in [0.15, 0.2) is 0 Å². The van der Waals surface area contributed by atoms with Crippen molar-refractivity contribution in [1.29, 1.82) is 0 Å². The van der Waals surface area contributed by atoms with Gasteiger partial charge in [-0.15, -0.1) is 0 Å². The molecule has 0 radical (unpaired) electrons. The van der Waals surface area contributed by atoms with Crippen LogP contribution in [0.4, 0.5) is 0 Å². The molecule has 0 amide bonds. The van der Waals surface area contributed by atoms with Gasteiger partial charge in [-0.3, -0.25) is 4.79 Å². The van der Waals surface area contributed by atoms with Gasteiger partial charge in [0, 0.05) is 12.3 Å². The number of Topliss-reactive ketones (excluding diaryl/α,β-unsaturated/α-hetero) is 1. The van der Waals surface area contributed by atoms with E-state index in [4.69, 9.17) is 0 Å². The molecule has 0 aromatic rings. The summed E-state index contributed by atoms with van der Waals surface area (Å²) >= 11 is 0. The summed E-state index contributed by atoms with van der Waals surface area (Å²) in [5.41, 5.74) is 1.02. The number of rotatable bonds is 1. The van der Waals surface area contributed by atoms with Crippen molar-refractivity contribution in [1.82, 2.24) is 0 Å². The van der Waals surface area contributed by atoms with Gasteiger partial charge >= 0.3 is 0 Å². The minimum Gasteiger partial charge on any atom is -0.299 e. The minimum absolute atomic E-state index is 0.436. The molecule has 0 bridgehead atoms. The molecule has 3 saturated carbocycles. The SMILES string of the molecule is CC[C@]1(C)CCC[C@]2(C)[C@H]3CCC(=O)[C@H]3CC[C@@H]12. The summed E-state index contributed by atoms with van der Waals surface area (Å²) < 4.78 is 0. The molecule has 0 aromatic carbocycles. The van der Waals surface area contributed by atoms with Crippen molar-refractivity contribution in [3.8, 4) is 0 Å². The van der Waals surface area contributed by atoms with Crippen LogP contribution in [0.15, 0.2) is 0 Å². The van der Waals surface area contributed by atoms with Gasteiger partial charge in [-0.2, -0.15) is 0 Å². The van der Waals surface area contributed by atoms with Gasteiger partial charge in [0.1, 0.15) is 5.78 Å². The van der Waals surface area contributed by atoms with Crippen LogP contribution < -0.4 is 0 Å². The van der Waals surface area contributed by atoms with E-state index in [1.807, 2.05) is 0 Å². The fourth-order valence-electron chi connectivity index (χ4n) is 5.97. The molecule has 5 atom stereocenters. The van der Waals surface area contributed by atoms with E-state index in [0.29, 0.717) is 22.5 Å². The van der Waals surface area contributed by atoms with Gasteiger partial charge in [0.05, 0.1) is 0 Å². The number of carbonyl (C=O) groups is 1. The van der Waals surface area contributed by atoms with Gasteiger partial charge in [-0.25, -0.2) is 0 Å². The van der Waals surface area contributed by atoms with E-state index >= 15 is 0 Å². The van der Waals surface area contributed by atoms with Crippen molar-refractivity contribution in [2.75, 3.05) is 0 Å². The van der Waals surface area contributed by atoms with E-state index in [9.17, 15) is 4.79 Å². The third-order valence-electron chi connectivity index (χ3n) is 7.12. The molecule has 3 fully saturated rings. The lowest BCUT2D eigenvalue weighted by Crippen LogP contribution is -2.51. The molecule has 0 N–H and O–H groups in total. The highest BCUT2D eigenvalue weighted by Crippen LogP contribution is 2.64. The molecular formula is C17H28O. The Hall–Kier alpha value is -0.330. The maximum atomic E-state index is 12.1. The minimum atomic E-state index is 0.436. The van der Waals surface area contributed by atoms with Crippen molar-refractivity contribution in [3.05, 3.63) is 0 Å². The summed E-state index contributed by atoms with van der Waals surface area (Å²) in [6.07, 6.45) is 10.1. The van der Waals surface area contributed by atoms with Crippen molar-refractivity contribution in [3.63, 3.8) is 0 Å². The second-order valence-electron chi connectivity index (χ2n) is 7.71. The lowest BCUT2D eigenvalue weighted by atomic mass is 9.46. The number of hydrogen-bond acceptors (Lipinski definition) is 1. The van der Waals surface area contributed by atoms with Gasteiger partial charge in [-0.05, 0) is 54.8 Å². The van der Waals surface area contributed by atoms with Crippen LogP contribution in [0.25, 0.3) is 0 Å². The van der Waals surface area contributed by atoms with Crippen molar-refractivity contribution in [2.24, 2.45) is 28.6 Å². The Balaban J connectivity index is 1.95. The van der Waals surface area contributed by atoms with Gasteiger partial charge < -0.3 is 0 Å². The highest BCUT2D eigenvalue weighted by atomic mass is 16.1. The zero-order chi connectivity index (χ0) is 13.0. The van der Waals surface area contributed by atoms with Gasteiger partial charge in [0.2, 0.25) is 0 Å². The van der Waals surface area contributed by atoms with Gasteiger partial charge in [-0.1, -0.05) is 33.6 Å². The van der Waals surface area contributed by atoms with Gasteiger partial charge in [0.25, 0.3) is 0 Å². The lowest BCUT2D eigenvalue weighted by Gasteiger charge is -2.59. The molecule has 0 aliphatic heterocycles. The second-order valence-corrected chi connectivity index (χ2v) is 7.71. The smallest absolute Gasteiger partial charge is 0.136 e. The quantitative estimate of drug-likeness (QED) is 0.663. The van der Waals surface area contributed by atoms with Crippen LogP contribution in [-0.2, 0) is 4.79 Å². The van der Waals surface area contributed by atoms with E-state index in [0.717, 1.165) is 18.3 Å². The summed E-state index contributed by atoms with van der Waals surface area (Å²) in [5, 5.41) is 0. The van der Waals surface area contributed by atoms with Crippen LogP contribution in [0.3, 0.4) is 0 Å². The zero-order valence-corrected chi connectivity index (χ0v) is 12.3. The normalized spacial score (nSPS) is 51.9. The fourth-order valence-corrected chi connectivity index (χ4v) is 5.97. The average Bonchev–Trinajstić information content (AvgIpc) is 2.72. The number of carbonyl (C=O) groups excluding carboxylic acids is 1. The summed E-state index contributed by atoms with van der Waals surface area (Å²) in [5.74, 6) is 2.61. The molecular weight excluding hydrogens is 220 g/mol. The predicted molar refractivity (Wildman–Crippen MR) is 74.3 cm³/mol. The van der Waals surface area contributed by atoms with E-state index in [1.54, 1.807) is 0 Å². The molecule has 3 aliphatic carbocycles. The van der Waals surface area contributed by atoms with E-state index < -0.39 is 0 Å². The molecule has 0 saturated heterocycles. The molecule has 0 heterocycles. The Morgan fingerprint density at radius 1 is 1.17 bits per heavy atom. The molecule has 3 aliphatic rings. The van der Waals surface area contributed by atoms with Crippen LogP contribution in [0.2, 0.25) is 0 Å². The first-order chi connectivity index (χ1) is 8.51. The van der Waals surface area contributed by atoms with Crippen LogP contribution in [0.1, 0.15) is 72.1 Å². The largest absolute Gasteiger partial charge is 0.299 e. The molecule has 1 nitrogen and oxygen atoms in total. The van der Waals surface area contributed by atoms with E-state index in [1.165, 1.54) is 44.9 Å². The third kappa shape index (κ3) is 1.55. The Kier molecular flexibility index (Phi) is 2.88. The average molecular weight is 248 g/mol. The molecule has 1 heteroatoms.